The lowest BCUT2D eigenvalue weighted by molar-refractivity contribution is 0.102. The minimum absolute atomic E-state index is 0.583. The standard InChI is InChI=1S/C11H11FO2/c1-14-10-4-2-3-8-7(10)5-6-9(12)11(8)13/h2-6,9,11,13H,1H3/t9-,11-/m1/s1. The number of benzene rings is 1. The van der Waals surface area contributed by atoms with Crippen LogP contribution in [0.1, 0.15) is 17.2 Å². The number of alkyl halides is 1. The van der Waals surface area contributed by atoms with Gasteiger partial charge in [0.2, 0.25) is 0 Å². The molecular formula is C11H11FO2. The van der Waals surface area contributed by atoms with Gasteiger partial charge in [-0.1, -0.05) is 18.2 Å². The topological polar surface area (TPSA) is 29.5 Å². The molecule has 1 aliphatic carbocycles. The molecule has 2 rings (SSSR count). The van der Waals surface area contributed by atoms with Crippen molar-refractivity contribution in [3.63, 3.8) is 0 Å². The molecule has 2 atom stereocenters. The highest BCUT2D eigenvalue weighted by atomic mass is 19.1. The zero-order valence-electron chi connectivity index (χ0n) is 7.77. The van der Waals surface area contributed by atoms with Gasteiger partial charge in [-0.05, 0) is 17.7 Å². The Morgan fingerprint density at radius 3 is 2.93 bits per heavy atom. The number of halogens is 1. The molecule has 2 nitrogen and oxygen atoms in total. The summed E-state index contributed by atoms with van der Waals surface area (Å²) in [6.45, 7) is 0. The van der Waals surface area contributed by atoms with Gasteiger partial charge in [0.05, 0.1) is 7.11 Å². The predicted molar refractivity (Wildman–Crippen MR) is 51.9 cm³/mol. The summed E-state index contributed by atoms with van der Waals surface area (Å²) in [4.78, 5) is 0. The van der Waals surface area contributed by atoms with Crippen LogP contribution in [0.3, 0.4) is 0 Å². The highest BCUT2D eigenvalue weighted by Gasteiger charge is 2.25. The predicted octanol–water partition coefficient (Wildman–Crippen LogP) is 2.09. The van der Waals surface area contributed by atoms with E-state index in [1.165, 1.54) is 6.08 Å². The Morgan fingerprint density at radius 2 is 2.21 bits per heavy atom. The Hall–Kier alpha value is -1.35. The minimum atomic E-state index is -1.32. The van der Waals surface area contributed by atoms with Crippen molar-refractivity contribution in [2.45, 2.75) is 12.3 Å². The van der Waals surface area contributed by atoms with Gasteiger partial charge in [0, 0.05) is 5.56 Å². The second-order valence-electron chi connectivity index (χ2n) is 3.21. The fourth-order valence-electron chi connectivity index (χ4n) is 1.64. The maximum atomic E-state index is 13.1. The van der Waals surface area contributed by atoms with Gasteiger partial charge in [-0.3, -0.25) is 0 Å². The lowest BCUT2D eigenvalue weighted by atomic mass is 9.93. The zero-order chi connectivity index (χ0) is 10.1. The molecule has 0 saturated heterocycles. The molecule has 1 aliphatic rings. The van der Waals surface area contributed by atoms with Crippen molar-refractivity contribution >= 4 is 6.08 Å². The van der Waals surface area contributed by atoms with Crippen molar-refractivity contribution in [1.82, 2.24) is 0 Å². The van der Waals surface area contributed by atoms with Crippen molar-refractivity contribution in [3.05, 3.63) is 35.4 Å². The van der Waals surface area contributed by atoms with E-state index < -0.39 is 12.3 Å². The fourth-order valence-corrected chi connectivity index (χ4v) is 1.64. The molecule has 0 fully saturated rings. The highest BCUT2D eigenvalue weighted by Crippen LogP contribution is 2.34. The number of aliphatic hydroxyl groups excluding tert-OH is 1. The molecule has 14 heavy (non-hydrogen) atoms. The van der Waals surface area contributed by atoms with E-state index >= 15 is 0 Å². The normalized spacial score (nSPS) is 24.5. The van der Waals surface area contributed by atoms with Gasteiger partial charge in [-0.25, -0.2) is 4.39 Å². The van der Waals surface area contributed by atoms with Gasteiger partial charge in [0.15, 0.2) is 0 Å². The Balaban J connectivity index is 2.55. The zero-order valence-corrected chi connectivity index (χ0v) is 7.77. The van der Waals surface area contributed by atoms with E-state index in [0.717, 1.165) is 5.56 Å². The summed E-state index contributed by atoms with van der Waals surface area (Å²) < 4.78 is 18.2. The van der Waals surface area contributed by atoms with Gasteiger partial charge < -0.3 is 9.84 Å². The molecule has 0 amide bonds. The van der Waals surface area contributed by atoms with Crippen LogP contribution in [0.25, 0.3) is 6.08 Å². The Bertz CT molecular complexity index is 374. The van der Waals surface area contributed by atoms with Crippen LogP contribution < -0.4 is 4.74 Å². The number of fused-ring (bicyclic) bond motifs is 1. The van der Waals surface area contributed by atoms with E-state index in [1.54, 1.807) is 31.4 Å². The van der Waals surface area contributed by atoms with Crippen LogP contribution in [0, 0.1) is 0 Å². The third-order valence-corrected chi connectivity index (χ3v) is 2.39. The average Bonchev–Trinajstić information content (AvgIpc) is 2.23. The molecule has 0 radical (unpaired) electrons. The molecule has 1 N–H and O–H groups in total. The van der Waals surface area contributed by atoms with Crippen LogP contribution in [0.2, 0.25) is 0 Å². The number of ether oxygens (including phenoxy) is 1. The molecule has 0 aliphatic heterocycles. The van der Waals surface area contributed by atoms with Crippen LogP contribution in [0.5, 0.6) is 5.75 Å². The van der Waals surface area contributed by atoms with Crippen LogP contribution in [-0.4, -0.2) is 18.4 Å². The molecule has 1 aromatic carbocycles. The summed E-state index contributed by atoms with van der Waals surface area (Å²) in [6, 6.07) is 5.24. The first kappa shape index (κ1) is 9.21. The third kappa shape index (κ3) is 1.30. The van der Waals surface area contributed by atoms with Crippen LogP contribution in [0.15, 0.2) is 24.3 Å². The lowest BCUT2D eigenvalue weighted by Gasteiger charge is -2.21. The molecule has 0 unspecified atom stereocenters. The highest BCUT2D eigenvalue weighted by molar-refractivity contribution is 5.64. The molecule has 74 valence electrons. The SMILES string of the molecule is COc1cccc2c1C=C[C@@H](F)[C@@H]2O. The minimum Gasteiger partial charge on any atom is -0.496 e. The lowest BCUT2D eigenvalue weighted by Crippen LogP contribution is -2.15. The molecule has 0 bridgehead atoms. The van der Waals surface area contributed by atoms with Gasteiger partial charge in [0.1, 0.15) is 18.0 Å². The van der Waals surface area contributed by atoms with Gasteiger partial charge in [-0.2, -0.15) is 0 Å². The Kier molecular flexibility index (Phi) is 2.25. The maximum absolute atomic E-state index is 13.1. The first-order valence-corrected chi connectivity index (χ1v) is 4.41. The monoisotopic (exact) mass is 194 g/mol. The molecule has 3 heteroatoms. The molecular weight excluding hydrogens is 183 g/mol. The summed E-state index contributed by atoms with van der Waals surface area (Å²) in [5, 5.41) is 9.57. The van der Waals surface area contributed by atoms with Gasteiger partial charge >= 0.3 is 0 Å². The number of rotatable bonds is 1. The van der Waals surface area contributed by atoms with E-state index in [-0.39, 0.29) is 0 Å². The second kappa shape index (κ2) is 3.42. The smallest absolute Gasteiger partial charge is 0.149 e. The molecule has 0 heterocycles. The van der Waals surface area contributed by atoms with E-state index in [1.807, 2.05) is 0 Å². The molecule has 0 spiro atoms. The van der Waals surface area contributed by atoms with E-state index in [9.17, 15) is 9.50 Å². The first-order chi connectivity index (χ1) is 6.74. The third-order valence-electron chi connectivity index (χ3n) is 2.39. The Labute approximate surface area is 81.6 Å². The van der Waals surface area contributed by atoms with Crippen LogP contribution in [-0.2, 0) is 0 Å². The van der Waals surface area contributed by atoms with Crippen molar-refractivity contribution in [3.8, 4) is 5.75 Å². The summed E-state index contributed by atoms with van der Waals surface area (Å²) in [5.74, 6) is 0.657. The summed E-state index contributed by atoms with van der Waals surface area (Å²) in [7, 11) is 1.55. The van der Waals surface area contributed by atoms with Crippen LogP contribution in [0.4, 0.5) is 4.39 Å². The van der Waals surface area contributed by atoms with Crippen molar-refractivity contribution in [2.75, 3.05) is 7.11 Å². The number of hydrogen-bond donors (Lipinski definition) is 1. The Morgan fingerprint density at radius 1 is 1.43 bits per heavy atom. The summed E-state index contributed by atoms with van der Waals surface area (Å²) in [6.07, 6.45) is 0.584. The maximum Gasteiger partial charge on any atom is 0.149 e. The van der Waals surface area contributed by atoms with E-state index in [4.69, 9.17) is 4.74 Å². The van der Waals surface area contributed by atoms with E-state index in [2.05, 4.69) is 0 Å². The average molecular weight is 194 g/mol. The molecule has 1 aromatic rings. The fraction of sp³-hybridized carbons (Fsp3) is 0.273. The van der Waals surface area contributed by atoms with Crippen molar-refractivity contribution in [2.24, 2.45) is 0 Å². The van der Waals surface area contributed by atoms with Gasteiger partial charge in [-0.15, -0.1) is 0 Å². The second-order valence-corrected chi connectivity index (χ2v) is 3.21. The van der Waals surface area contributed by atoms with Gasteiger partial charge in [0.25, 0.3) is 0 Å². The first-order valence-electron chi connectivity index (χ1n) is 4.41. The number of aliphatic hydroxyl groups is 1. The summed E-state index contributed by atoms with van der Waals surface area (Å²) >= 11 is 0. The number of hydrogen-bond acceptors (Lipinski definition) is 2. The van der Waals surface area contributed by atoms with Crippen molar-refractivity contribution in [1.29, 1.82) is 0 Å². The largest absolute Gasteiger partial charge is 0.496 e. The quantitative estimate of drug-likeness (QED) is 0.741. The van der Waals surface area contributed by atoms with Crippen molar-refractivity contribution < 1.29 is 14.2 Å². The molecule has 0 aromatic heterocycles. The molecule has 0 saturated carbocycles. The number of methoxy groups -OCH3 is 1. The summed E-state index contributed by atoms with van der Waals surface area (Å²) in [5.41, 5.74) is 1.34. The van der Waals surface area contributed by atoms with E-state index in [0.29, 0.717) is 11.3 Å². The van der Waals surface area contributed by atoms with Crippen LogP contribution >= 0.6 is 0 Å².